The van der Waals surface area contributed by atoms with Crippen molar-refractivity contribution in [1.82, 2.24) is 0 Å². The number of benzene rings is 2. The number of ether oxygens (including phenoxy) is 1. The SMILES string of the molecule is CC(=O)COCCc1ccccc1CCc1ccccc1. The van der Waals surface area contributed by atoms with E-state index in [0.29, 0.717) is 6.61 Å². The second-order valence-corrected chi connectivity index (χ2v) is 5.26. The monoisotopic (exact) mass is 282 g/mol. The first-order chi connectivity index (χ1) is 10.3. The Kier molecular flexibility index (Phi) is 6.17. The summed E-state index contributed by atoms with van der Waals surface area (Å²) < 4.78 is 5.37. The number of carbonyl (C=O) groups is 1. The highest BCUT2D eigenvalue weighted by atomic mass is 16.5. The molecule has 0 atom stereocenters. The molecule has 0 fully saturated rings. The Hall–Kier alpha value is -1.93. The summed E-state index contributed by atoms with van der Waals surface area (Å²) in [5.74, 6) is 0.0763. The highest BCUT2D eigenvalue weighted by molar-refractivity contribution is 5.76. The quantitative estimate of drug-likeness (QED) is 0.691. The van der Waals surface area contributed by atoms with Crippen LogP contribution >= 0.6 is 0 Å². The van der Waals surface area contributed by atoms with Crippen molar-refractivity contribution in [2.45, 2.75) is 26.2 Å². The fraction of sp³-hybridized carbons (Fsp3) is 0.316. The summed E-state index contributed by atoms with van der Waals surface area (Å²) in [6, 6.07) is 19.0. The van der Waals surface area contributed by atoms with E-state index in [9.17, 15) is 4.79 Å². The zero-order valence-corrected chi connectivity index (χ0v) is 12.5. The average molecular weight is 282 g/mol. The molecule has 0 aromatic heterocycles. The number of hydrogen-bond acceptors (Lipinski definition) is 2. The van der Waals surface area contributed by atoms with Crippen LogP contribution in [0.15, 0.2) is 54.6 Å². The van der Waals surface area contributed by atoms with E-state index >= 15 is 0 Å². The molecule has 110 valence electrons. The molecular formula is C19H22O2. The van der Waals surface area contributed by atoms with Crippen LogP contribution < -0.4 is 0 Å². The molecule has 0 N–H and O–H groups in total. The zero-order valence-electron chi connectivity index (χ0n) is 12.5. The van der Waals surface area contributed by atoms with Crippen LogP contribution in [-0.4, -0.2) is 19.0 Å². The second kappa shape index (κ2) is 8.38. The van der Waals surface area contributed by atoms with Gasteiger partial charge in [0.15, 0.2) is 5.78 Å². The normalized spacial score (nSPS) is 10.5. The first-order valence-electron chi connectivity index (χ1n) is 7.43. The van der Waals surface area contributed by atoms with Crippen molar-refractivity contribution in [2.75, 3.05) is 13.2 Å². The van der Waals surface area contributed by atoms with E-state index in [1.807, 2.05) is 6.07 Å². The zero-order chi connectivity index (χ0) is 14.9. The number of aryl methyl sites for hydroxylation is 2. The Morgan fingerprint density at radius 1 is 0.857 bits per heavy atom. The molecule has 21 heavy (non-hydrogen) atoms. The highest BCUT2D eigenvalue weighted by Gasteiger charge is 2.03. The first kappa shape index (κ1) is 15.5. The Morgan fingerprint density at radius 2 is 1.48 bits per heavy atom. The molecule has 0 amide bonds. The smallest absolute Gasteiger partial charge is 0.155 e. The second-order valence-electron chi connectivity index (χ2n) is 5.26. The summed E-state index contributed by atoms with van der Waals surface area (Å²) in [5.41, 5.74) is 4.05. The van der Waals surface area contributed by atoms with Gasteiger partial charge in [-0.3, -0.25) is 4.79 Å². The molecule has 0 bridgehead atoms. The third-order valence-corrected chi connectivity index (χ3v) is 3.47. The van der Waals surface area contributed by atoms with Crippen molar-refractivity contribution in [2.24, 2.45) is 0 Å². The molecule has 0 heterocycles. The Labute approximate surface area is 126 Å². The maximum atomic E-state index is 10.9. The van der Waals surface area contributed by atoms with Gasteiger partial charge in [0.1, 0.15) is 6.61 Å². The van der Waals surface area contributed by atoms with Gasteiger partial charge in [0, 0.05) is 0 Å². The molecule has 2 aromatic carbocycles. The average Bonchev–Trinajstić information content (AvgIpc) is 2.51. The first-order valence-corrected chi connectivity index (χ1v) is 7.43. The van der Waals surface area contributed by atoms with Crippen LogP contribution in [-0.2, 0) is 28.8 Å². The van der Waals surface area contributed by atoms with Crippen LogP contribution in [0.3, 0.4) is 0 Å². The topological polar surface area (TPSA) is 26.3 Å². The summed E-state index contributed by atoms with van der Waals surface area (Å²) in [5, 5.41) is 0. The summed E-state index contributed by atoms with van der Waals surface area (Å²) >= 11 is 0. The van der Waals surface area contributed by atoms with E-state index in [2.05, 4.69) is 48.5 Å². The number of rotatable bonds is 8. The predicted molar refractivity (Wildman–Crippen MR) is 85.5 cm³/mol. The Bertz CT molecular complexity index is 561. The van der Waals surface area contributed by atoms with Gasteiger partial charge in [-0.15, -0.1) is 0 Å². The van der Waals surface area contributed by atoms with E-state index < -0.39 is 0 Å². The molecule has 0 saturated heterocycles. The molecule has 0 saturated carbocycles. The molecule has 2 nitrogen and oxygen atoms in total. The van der Waals surface area contributed by atoms with Gasteiger partial charge in [-0.25, -0.2) is 0 Å². The minimum atomic E-state index is 0.0763. The standard InChI is InChI=1S/C19H22O2/c1-16(20)15-21-14-13-19-10-6-5-9-18(19)12-11-17-7-3-2-4-8-17/h2-10H,11-15H2,1H3. The fourth-order valence-corrected chi connectivity index (χ4v) is 2.37. The van der Waals surface area contributed by atoms with Crippen LogP contribution in [0.1, 0.15) is 23.6 Å². The van der Waals surface area contributed by atoms with Gasteiger partial charge in [-0.1, -0.05) is 54.6 Å². The lowest BCUT2D eigenvalue weighted by Crippen LogP contribution is -2.08. The van der Waals surface area contributed by atoms with Gasteiger partial charge in [0.05, 0.1) is 6.61 Å². The molecule has 0 aliphatic carbocycles. The molecule has 0 spiro atoms. The Balaban J connectivity index is 1.89. The molecule has 2 aromatic rings. The van der Waals surface area contributed by atoms with Crippen LogP contribution in [0.2, 0.25) is 0 Å². The van der Waals surface area contributed by atoms with Crippen molar-refractivity contribution in [3.63, 3.8) is 0 Å². The van der Waals surface area contributed by atoms with Crippen molar-refractivity contribution >= 4 is 5.78 Å². The van der Waals surface area contributed by atoms with Crippen molar-refractivity contribution < 1.29 is 9.53 Å². The molecule has 0 radical (unpaired) electrons. The molecule has 0 aliphatic heterocycles. The number of hydrogen-bond donors (Lipinski definition) is 0. The third-order valence-electron chi connectivity index (χ3n) is 3.47. The van der Waals surface area contributed by atoms with Crippen molar-refractivity contribution in [3.05, 3.63) is 71.3 Å². The maximum Gasteiger partial charge on any atom is 0.155 e. The lowest BCUT2D eigenvalue weighted by atomic mass is 9.98. The molecule has 0 unspecified atom stereocenters. The summed E-state index contributed by atoms with van der Waals surface area (Å²) in [4.78, 5) is 10.9. The van der Waals surface area contributed by atoms with Gasteiger partial charge < -0.3 is 4.74 Å². The number of carbonyl (C=O) groups excluding carboxylic acids is 1. The number of Topliss-reactive ketones (excluding diaryl/α,β-unsaturated/α-hetero) is 1. The minimum absolute atomic E-state index is 0.0763. The molecule has 2 rings (SSSR count). The van der Waals surface area contributed by atoms with E-state index in [-0.39, 0.29) is 12.4 Å². The van der Waals surface area contributed by atoms with Gasteiger partial charge >= 0.3 is 0 Å². The Morgan fingerprint density at radius 3 is 2.14 bits per heavy atom. The fourth-order valence-electron chi connectivity index (χ4n) is 2.37. The van der Waals surface area contributed by atoms with Crippen LogP contribution in [0.4, 0.5) is 0 Å². The minimum Gasteiger partial charge on any atom is -0.373 e. The largest absolute Gasteiger partial charge is 0.373 e. The van der Waals surface area contributed by atoms with E-state index in [1.165, 1.54) is 16.7 Å². The molecular weight excluding hydrogens is 260 g/mol. The van der Waals surface area contributed by atoms with E-state index in [1.54, 1.807) is 6.92 Å². The highest BCUT2D eigenvalue weighted by Crippen LogP contribution is 2.13. The van der Waals surface area contributed by atoms with Crippen molar-refractivity contribution in [3.8, 4) is 0 Å². The van der Waals surface area contributed by atoms with Gasteiger partial charge in [-0.2, -0.15) is 0 Å². The van der Waals surface area contributed by atoms with E-state index in [4.69, 9.17) is 4.74 Å². The summed E-state index contributed by atoms with van der Waals surface area (Å²) in [7, 11) is 0. The van der Waals surface area contributed by atoms with Crippen LogP contribution in [0.5, 0.6) is 0 Å². The molecule has 2 heteroatoms. The van der Waals surface area contributed by atoms with Gasteiger partial charge in [0.25, 0.3) is 0 Å². The number of ketones is 1. The lowest BCUT2D eigenvalue weighted by molar-refractivity contribution is -0.121. The molecule has 0 aliphatic rings. The lowest BCUT2D eigenvalue weighted by Gasteiger charge is -2.10. The van der Waals surface area contributed by atoms with Crippen molar-refractivity contribution in [1.29, 1.82) is 0 Å². The maximum absolute atomic E-state index is 10.9. The predicted octanol–water partition coefficient (Wildman–Crippen LogP) is 3.62. The van der Waals surface area contributed by atoms with Crippen LogP contribution in [0, 0.1) is 0 Å². The summed E-state index contributed by atoms with van der Waals surface area (Å²) in [6.07, 6.45) is 2.94. The van der Waals surface area contributed by atoms with Gasteiger partial charge in [-0.05, 0) is 42.9 Å². The third kappa shape index (κ3) is 5.52. The van der Waals surface area contributed by atoms with Crippen LogP contribution in [0.25, 0.3) is 0 Å². The van der Waals surface area contributed by atoms with Gasteiger partial charge in [0.2, 0.25) is 0 Å². The summed E-state index contributed by atoms with van der Waals surface area (Å²) in [6.45, 7) is 2.36. The van der Waals surface area contributed by atoms with E-state index in [0.717, 1.165) is 19.3 Å².